The van der Waals surface area contributed by atoms with Gasteiger partial charge in [0.25, 0.3) is 0 Å². The van der Waals surface area contributed by atoms with Crippen molar-refractivity contribution in [2.24, 2.45) is 0 Å². The van der Waals surface area contributed by atoms with Gasteiger partial charge in [0, 0.05) is 30.8 Å². The van der Waals surface area contributed by atoms with E-state index in [1.807, 2.05) is 39.5 Å². The Morgan fingerprint density at radius 3 is 2.43 bits per heavy atom. The van der Waals surface area contributed by atoms with Crippen molar-refractivity contribution < 1.29 is 18.6 Å². The van der Waals surface area contributed by atoms with Gasteiger partial charge >= 0.3 is 0 Å². The number of benzene rings is 1. The lowest BCUT2D eigenvalue weighted by atomic mass is 10.1. The minimum atomic E-state index is -0.660. The lowest BCUT2D eigenvalue weighted by Gasteiger charge is -2.31. The van der Waals surface area contributed by atoms with Crippen LogP contribution in [0.5, 0.6) is 0 Å². The quantitative estimate of drug-likeness (QED) is 0.788. The van der Waals surface area contributed by atoms with E-state index < -0.39 is 17.7 Å². The van der Waals surface area contributed by atoms with Crippen LogP contribution in [0, 0.1) is 11.6 Å². The number of aliphatic hydroxyl groups excluding tert-OH is 1. The predicted octanol–water partition coefficient (Wildman–Crippen LogP) is 3.74. The Balaban J connectivity index is 2.72. The molecule has 0 aromatic heterocycles. The molecule has 0 spiro atoms. The molecule has 0 saturated heterocycles. The Morgan fingerprint density at radius 1 is 1.26 bits per heavy atom. The smallest absolute Gasteiger partial charge is 0.130 e. The van der Waals surface area contributed by atoms with Crippen molar-refractivity contribution in [1.82, 2.24) is 4.90 Å². The first-order chi connectivity index (χ1) is 10.6. The van der Waals surface area contributed by atoms with E-state index in [1.165, 1.54) is 12.1 Å². The van der Waals surface area contributed by atoms with Crippen molar-refractivity contribution in [3.05, 3.63) is 35.4 Å². The lowest BCUT2D eigenvalue weighted by Crippen LogP contribution is -2.41. The van der Waals surface area contributed by atoms with Crippen molar-refractivity contribution in [2.75, 3.05) is 13.2 Å². The monoisotopic (exact) mass is 329 g/mol. The van der Waals surface area contributed by atoms with E-state index in [9.17, 15) is 13.9 Å². The van der Waals surface area contributed by atoms with Gasteiger partial charge in [0.05, 0.1) is 18.3 Å². The molecule has 1 aromatic rings. The van der Waals surface area contributed by atoms with Crippen molar-refractivity contribution in [3.8, 4) is 0 Å². The van der Waals surface area contributed by atoms with Gasteiger partial charge in [-0.2, -0.15) is 0 Å². The third-order valence-electron chi connectivity index (χ3n) is 3.76. The Kier molecular flexibility index (Phi) is 7.58. The maximum Gasteiger partial charge on any atom is 0.130 e. The van der Waals surface area contributed by atoms with Crippen LogP contribution in [0.1, 0.15) is 46.6 Å². The third-order valence-corrected chi connectivity index (χ3v) is 3.76. The number of hydrogen-bond donors (Lipinski definition) is 1. The molecule has 5 heteroatoms. The van der Waals surface area contributed by atoms with Crippen molar-refractivity contribution in [1.29, 1.82) is 0 Å². The Hall–Kier alpha value is -1.04. The third kappa shape index (κ3) is 7.38. The average molecular weight is 329 g/mol. The molecule has 0 aliphatic heterocycles. The molecule has 0 heterocycles. The van der Waals surface area contributed by atoms with E-state index >= 15 is 0 Å². The summed E-state index contributed by atoms with van der Waals surface area (Å²) in [5, 5.41) is 10.2. The van der Waals surface area contributed by atoms with Gasteiger partial charge in [-0.1, -0.05) is 13.0 Å². The second kappa shape index (κ2) is 8.71. The van der Waals surface area contributed by atoms with Crippen molar-refractivity contribution in [2.45, 2.75) is 65.3 Å². The molecule has 0 aliphatic carbocycles. The highest BCUT2D eigenvalue weighted by Gasteiger charge is 2.20. The molecule has 1 rings (SSSR count). The van der Waals surface area contributed by atoms with E-state index in [2.05, 4.69) is 0 Å². The van der Waals surface area contributed by atoms with Gasteiger partial charge in [0.15, 0.2) is 0 Å². The van der Waals surface area contributed by atoms with E-state index in [4.69, 9.17) is 4.74 Å². The Morgan fingerprint density at radius 2 is 1.91 bits per heavy atom. The van der Waals surface area contributed by atoms with Gasteiger partial charge in [0.1, 0.15) is 11.6 Å². The Labute approximate surface area is 138 Å². The zero-order valence-corrected chi connectivity index (χ0v) is 14.8. The molecule has 1 N–H and O–H groups in total. The maximum absolute atomic E-state index is 13.9. The highest BCUT2D eigenvalue weighted by atomic mass is 19.1. The molecule has 3 nitrogen and oxygen atoms in total. The van der Waals surface area contributed by atoms with Gasteiger partial charge in [-0.25, -0.2) is 8.78 Å². The number of halogens is 2. The minimum absolute atomic E-state index is 0.170. The zero-order chi connectivity index (χ0) is 17.6. The molecule has 23 heavy (non-hydrogen) atoms. The predicted molar refractivity (Wildman–Crippen MR) is 88.2 cm³/mol. The first-order valence-electron chi connectivity index (χ1n) is 8.12. The summed E-state index contributed by atoms with van der Waals surface area (Å²) in [4.78, 5) is 1.99. The molecular weight excluding hydrogens is 300 g/mol. The van der Waals surface area contributed by atoms with Gasteiger partial charge in [-0.3, -0.25) is 4.90 Å². The largest absolute Gasteiger partial charge is 0.389 e. The van der Waals surface area contributed by atoms with E-state index in [1.54, 1.807) is 0 Å². The minimum Gasteiger partial charge on any atom is -0.389 e. The van der Waals surface area contributed by atoms with E-state index in [0.717, 1.165) is 12.5 Å². The molecule has 0 saturated carbocycles. The van der Waals surface area contributed by atoms with Gasteiger partial charge < -0.3 is 9.84 Å². The molecule has 0 fully saturated rings. The molecule has 2 atom stereocenters. The molecule has 132 valence electrons. The second-order valence-electron chi connectivity index (χ2n) is 7.00. The van der Waals surface area contributed by atoms with Crippen LogP contribution < -0.4 is 0 Å². The van der Waals surface area contributed by atoms with Gasteiger partial charge in [0.2, 0.25) is 0 Å². The second-order valence-corrected chi connectivity index (χ2v) is 7.00. The standard InChI is InChI=1S/C18H29F2NO2/c1-6-13(2)21(11-16(22)12-23-18(3,4)5)10-14-7-8-15(19)9-17(14)20/h7-9,13,16,22H,6,10-12H2,1-5H3. The number of hydrogen-bond acceptors (Lipinski definition) is 3. The fourth-order valence-corrected chi connectivity index (χ4v) is 2.20. The molecule has 0 radical (unpaired) electrons. The van der Waals surface area contributed by atoms with E-state index in [-0.39, 0.29) is 18.2 Å². The van der Waals surface area contributed by atoms with Crippen LogP contribution in [0.3, 0.4) is 0 Å². The molecule has 0 aliphatic rings. The van der Waals surface area contributed by atoms with Crippen molar-refractivity contribution in [3.63, 3.8) is 0 Å². The number of nitrogens with zero attached hydrogens (tertiary/aromatic N) is 1. The normalized spacial score (nSPS) is 15.0. The zero-order valence-electron chi connectivity index (χ0n) is 14.8. The fraction of sp³-hybridized carbons (Fsp3) is 0.667. The fourth-order valence-electron chi connectivity index (χ4n) is 2.20. The first kappa shape index (κ1) is 20.0. The first-order valence-corrected chi connectivity index (χ1v) is 8.12. The van der Waals surface area contributed by atoms with Gasteiger partial charge in [-0.15, -0.1) is 0 Å². The van der Waals surface area contributed by atoms with Gasteiger partial charge in [-0.05, 0) is 40.2 Å². The van der Waals surface area contributed by atoms with E-state index in [0.29, 0.717) is 18.7 Å². The summed E-state index contributed by atoms with van der Waals surface area (Å²) in [5.74, 6) is -1.14. The molecule has 0 amide bonds. The Bertz CT molecular complexity index is 488. The number of ether oxygens (including phenoxy) is 1. The highest BCUT2D eigenvalue weighted by Crippen LogP contribution is 2.16. The van der Waals surface area contributed by atoms with Crippen LogP contribution >= 0.6 is 0 Å². The highest BCUT2D eigenvalue weighted by molar-refractivity contribution is 5.18. The summed E-state index contributed by atoms with van der Waals surface area (Å²) >= 11 is 0. The topological polar surface area (TPSA) is 32.7 Å². The van der Waals surface area contributed by atoms with Crippen LogP contribution in [0.25, 0.3) is 0 Å². The van der Waals surface area contributed by atoms with Crippen LogP contribution in [-0.2, 0) is 11.3 Å². The van der Waals surface area contributed by atoms with Crippen LogP contribution in [-0.4, -0.2) is 40.9 Å². The number of rotatable bonds is 8. The SMILES string of the molecule is CCC(C)N(Cc1ccc(F)cc1F)CC(O)COC(C)(C)C. The maximum atomic E-state index is 13.9. The van der Waals surface area contributed by atoms with Crippen LogP contribution in [0.4, 0.5) is 8.78 Å². The molecule has 0 bridgehead atoms. The average Bonchev–Trinajstić information content (AvgIpc) is 2.45. The molecule has 2 unspecified atom stereocenters. The lowest BCUT2D eigenvalue weighted by molar-refractivity contribution is -0.0593. The summed E-state index contributed by atoms with van der Waals surface area (Å²) in [6, 6.07) is 3.77. The molecule has 1 aromatic carbocycles. The summed E-state index contributed by atoms with van der Waals surface area (Å²) in [5.41, 5.74) is 0.112. The summed E-state index contributed by atoms with van der Waals surface area (Å²) < 4.78 is 32.5. The summed E-state index contributed by atoms with van der Waals surface area (Å²) in [7, 11) is 0. The van der Waals surface area contributed by atoms with Crippen LogP contribution in [0.2, 0.25) is 0 Å². The molecular formula is C18H29F2NO2. The van der Waals surface area contributed by atoms with Crippen molar-refractivity contribution >= 4 is 0 Å². The summed E-state index contributed by atoms with van der Waals surface area (Å²) in [6.45, 7) is 10.8. The van der Waals surface area contributed by atoms with Crippen LogP contribution in [0.15, 0.2) is 18.2 Å². The summed E-state index contributed by atoms with van der Waals surface area (Å²) in [6.07, 6.45) is 0.210. The number of aliphatic hydroxyl groups is 1.